The Morgan fingerprint density at radius 2 is 1.55 bits per heavy atom. The van der Waals surface area contributed by atoms with Crippen molar-refractivity contribution in [2.24, 2.45) is 33.3 Å². The highest BCUT2D eigenvalue weighted by Gasteiger charge is 2.34. The van der Waals surface area contributed by atoms with Gasteiger partial charge in [0.1, 0.15) is 11.9 Å². The largest absolute Gasteiger partial charge is 0.383 e. The smallest absolute Gasteiger partial charge is 0.245 e. The molecular weight excluding hydrogens is 662 g/mol. The first-order valence-electron chi connectivity index (χ1n) is 16.4. The normalized spacial score (nSPS) is 17.9. The van der Waals surface area contributed by atoms with Crippen molar-refractivity contribution in [2.45, 2.75) is 77.2 Å². The van der Waals surface area contributed by atoms with Crippen molar-refractivity contribution in [3.05, 3.63) is 69.7 Å². The van der Waals surface area contributed by atoms with Crippen LogP contribution in [0.5, 0.6) is 0 Å². The molecule has 11 nitrogen and oxygen atoms in total. The van der Waals surface area contributed by atoms with E-state index in [0.29, 0.717) is 31.6 Å². The highest BCUT2D eigenvalue weighted by atomic mass is 79.9. The van der Waals surface area contributed by atoms with Gasteiger partial charge in [-0.3, -0.25) is 19.2 Å². The summed E-state index contributed by atoms with van der Waals surface area (Å²) in [4.78, 5) is 60.2. The Balaban J connectivity index is 1.47. The monoisotopic (exact) mass is 707 g/mol. The Kier molecular flexibility index (Phi) is 13.1. The van der Waals surface area contributed by atoms with Crippen LogP contribution in [0.15, 0.2) is 63.0 Å². The van der Waals surface area contributed by atoms with Gasteiger partial charge in [-0.25, -0.2) is 0 Å². The Labute approximate surface area is 285 Å². The molecule has 2 aromatic carbocycles. The van der Waals surface area contributed by atoms with Gasteiger partial charge in [0.25, 0.3) is 0 Å². The minimum Gasteiger partial charge on any atom is -0.383 e. The minimum atomic E-state index is -0.638. The molecule has 252 valence electrons. The van der Waals surface area contributed by atoms with Crippen LogP contribution >= 0.6 is 15.9 Å². The predicted molar refractivity (Wildman–Crippen MR) is 187 cm³/mol. The third-order valence-corrected chi connectivity index (χ3v) is 9.51. The number of nitrogens with two attached hydrogens (primary N) is 2. The van der Waals surface area contributed by atoms with Crippen molar-refractivity contribution in [2.75, 3.05) is 19.6 Å². The molecule has 47 heavy (non-hydrogen) atoms. The van der Waals surface area contributed by atoms with Gasteiger partial charge < -0.3 is 27.0 Å². The van der Waals surface area contributed by atoms with Gasteiger partial charge in [-0.2, -0.15) is 9.98 Å². The fraction of sp³-hybridized carbons (Fsp3) is 0.486. The number of amidine groups is 1. The zero-order valence-electron chi connectivity index (χ0n) is 27.2. The van der Waals surface area contributed by atoms with Crippen LogP contribution in [0, 0.1) is 11.8 Å². The number of nitrogens with zero attached hydrogens (tertiary/aromatic N) is 3. The van der Waals surface area contributed by atoms with Gasteiger partial charge in [-0.05, 0) is 67.2 Å². The number of rotatable bonds is 10. The molecule has 2 aliphatic rings. The summed E-state index contributed by atoms with van der Waals surface area (Å²) >= 11 is 3.55. The van der Waals surface area contributed by atoms with Gasteiger partial charge in [-0.15, -0.1) is 0 Å². The number of piperidine rings is 1. The van der Waals surface area contributed by atoms with E-state index >= 15 is 0 Å². The summed E-state index contributed by atoms with van der Waals surface area (Å²) in [7, 11) is 0. The molecule has 1 heterocycles. The van der Waals surface area contributed by atoms with Crippen LogP contribution in [-0.4, -0.2) is 66.0 Å². The maximum Gasteiger partial charge on any atom is 0.245 e. The molecule has 2 aromatic rings. The molecule has 4 amide bonds. The van der Waals surface area contributed by atoms with E-state index in [1.54, 1.807) is 12.1 Å². The van der Waals surface area contributed by atoms with Gasteiger partial charge in [0.2, 0.25) is 23.6 Å². The third kappa shape index (κ3) is 10.7. The maximum absolute atomic E-state index is 14.2. The van der Waals surface area contributed by atoms with Crippen LogP contribution in [0.2, 0.25) is 0 Å². The van der Waals surface area contributed by atoms with E-state index in [1.165, 1.54) is 13.8 Å². The van der Waals surface area contributed by atoms with Gasteiger partial charge in [0.15, 0.2) is 5.96 Å². The first-order chi connectivity index (χ1) is 22.5. The maximum atomic E-state index is 14.2. The number of hydrogen-bond donors (Lipinski definition) is 4. The lowest BCUT2D eigenvalue weighted by Gasteiger charge is -2.34. The number of likely N-dealkylation sites (tertiary alicyclic amines) is 1. The van der Waals surface area contributed by atoms with Crippen LogP contribution in [0.1, 0.15) is 81.4 Å². The number of guanidine groups is 1. The molecule has 4 rings (SSSR count). The summed E-state index contributed by atoms with van der Waals surface area (Å²) in [6.45, 7) is 4.56. The first kappa shape index (κ1) is 35.8. The molecule has 1 aliphatic carbocycles. The average Bonchev–Trinajstić information content (AvgIpc) is 3.05. The number of hydrogen-bond acceptors (Lipinski definition) is 4. The SMILES string of the molecule is CC(=O)N=C(N)c1ccc(CC(C(=O)NC(C(=O)NCC2CCN(C(N)=NC(C)=O)CC2)C2CCCCC2)c2cccc(Br)c2)cc1. The summed E-state index contributed by atoms with van der Waals surface area (Å²) in [5.41, 5.74) is 14.3. The standard InChI is InChI=1S/C35H46BrN7O4/c1-22(44)40-32(37)27-13-11-24(12-14-27)19-30(28-9-6-10-29(36)20-28)33(46)42-31(26-7-4-3-5-8-26)34(47)39-21-25-15-17-43(18-16-25)35(38)41-23(2)45/h6,9-14,20,25-26,30-31H,3-5,7-8,15-19,21H2,1-2H3,(H,39,47)(H,42,46)(H2,37,40,44)(H2,38,41,45). The van der Waals surface area contributed by atoms with Gasteiger partial charge in [0.05, 0.1) is 5.92 Å². The van der Waals surface area contributed by atoms with E-state index in [2.05, 4.69) is 36.5 Å². The number of halogens is 1. The van der Waals surface area contributed by atoms with E-state index in [1.807, 2.05) is 41.3 Å². The molecule has 0 bridgehead atoms. The molecule has 0 spiro atoms. The lowest BCUT2D eigenvalue weighted by atomic mass is 9.82. The molecule has 0 radical (unpaired) electrons. The molecule has 2 fully saturated rings. The van der Waals surface area contributed by atoms with Crippen molar-refractivity contribution in [3.8, 4) is 0 Å². The molecule has 2 atom stereocenters. The summed E-state index contributed by atoms with van der Waals surface area (Å²) in [5, 5.41) is 6.35. The molecule has 0 aromatic heterocycles. The number of amides is 4. The van der Waals surface area contributed by atoms with E-state index in [9.17, 15) is 19.2 Å². The molecule has 1 saturated heterocycles. The fourth-order valence-electron chi connectivity index (χ4n) is 6.44. The molecule has 12 heteroatoms. The van der Waals surface area contributed by atoms with Gasteiger partial charge >= 0.3 is 0 Å². The van der Waals surface area contributed by atoms with Crippen LogP contribution in [-0.2, 0) is 25.6 Å². The first-order valence-corrected chi connectivity index (χ1v) is 17.2. The fourth-order valence-corrected chi connectivity index (χ4v) is 6.86. The van der Waals surface area contributed by atoms with E-state index in [0.717, 1.165) is 60.5 Å². The van der Waals surface area contributed by atoms with Crippen molar-refractivity contribution in [3.63, 3.8) is 0 Å². The topological polar surface area (TPSA) is 172 Å². The zero-order valence-corrected chi connectivity index (χ0v) is 28.8. The van der Waals surface area contributed by atoms with Gasteiger partial charge in [-0.1, -0.05) is 71.6 Å². The number of benzene rings is 2. The van der Waals surface area contributed by atoms with Crippen LogP contribution < -0.4 is 22.1 Å². The minimum absolute atomic E-state index is 0.0584. The Bertz CT molecular complexity index is 1480. The molecule has 1 aliphatic heterocycles. The second-order valence-electron chi connectivity index (χ2n) is 12.6. The van der Waals surface area contributed by atoms with Crippen LogP contribution in [0.25, 0.3) is 0 Å². The Morgan fingerprint density at radius 1 is 0.894 bits per heavy atom. The van der Waals surface area contributed by atoms with Crippen LogP contribution in [0.3, 0.4) is 0 Å². The predicted octanol–water partition coefficient (Wildman–Crippen LogP) is 3.78. The number of carbonyl (C=O) groups is 4. The Hall–Kier alpha value is -4.06. The number of aliphatic imine (C=N–C) groups is 2. The quantitative estimate of drug-likeness (QED) is 0.215. The van der Waals surface area contributed by atoms with E-state index < -0.39 is 12.0 Å². The summed E-state index contributed by atoms with van der Waals surface area (Å²) in [6.07, 6.45) is 6.99. The van der Waals surface area contributed by atoms with Crippen LogP contribution in [0.4, 0.5) is 0 Å². The van der Waals surface area contributed by atoms with E-state index in [4.69, 9.17) is 11.5 Å². The summed E-state index contributed by atoms with van der Waals surface area (Å²) < 4.78 is 0.860. The second kappa shape index (κ2) is 17.2. The summed E-state index contributed by atoms with van der Waals surface area (Å²) in [6, 6.07) is 14.4. The molecule has 2 unspecified atom stereocenters. The van der Waals surface area contributed by atoms with Crippen molar-refractivity contribution in [1.82, 2.24) is 15.5 Å². The highest BCUT2D eigenvalue weighted by Crippen LogP contribution is 2.29. The van der Waals surface area contributed by atoms with Gasteiger partial charge in [0, 0.05) is 43.5 Å². The highest BCUT2D eigenvalue weighted by molar-refractivity contribution is 9.10. The zero-order chi connectivity index (χ0) is 33.9. The molecule has 6 N–H and O–H groups in total. The molecular formula is C35H46BrN7O4. The van der Waals surface area contributed by atoms with Crippen molar-refractivity contribution >= 4 is 51.4 Å². The van der Waals surface area contributed by atoms with Crippen molar-refractivity contribution in [1.29, 1.82) is 0 Å². The number of nitrogens with one attached hydrogen (secondary N) is 2. The lowest BCUT2D eigenvalue weighted by Crippen LogP contribution is -2.53. The average molecular weight is 709 g/mol. The molecule has 1 saturated carbocycles. The van der Waals surface area contributed by atoms with E-state index in [-0.39, 0.29) is 47.3 Å². The third-order valence-electron chi connectivity index (χ3n) is 9.01. The number of carbonyl (C=O) groups excluding carboxylic acids is 4. The summed E-state index contributed by atoms with van der Waals surface area (Å²) in [5.74, 6) is -0.905. The second-order valence-corrected chi connectivity index (χ2v) is 13.5. The van der Waals surface area contributed by atoms with Crippen molar-refractivity contribution < 1.29 is 19.2 Å². The lowest BCUT2D eigenvalue weighted by molar-refractivity contribution is -0.131. The Morgan fingerprint density at radius 3 is 2.17 bits per heavy atom.